The molecule has 0 heterocycles. The molecule has 0 aliphatic heterocycles. The Morgan fingerprint density at radius 2 is 2.09 bits per heavy atom. The van der Waals surface area contributed by atoms with Gasteiger partial charge in [-0.05, 0) is 18.9 Å². The van der Waals surface area contributed by atoms with Crippen LogP contribution in [0, 0.1) is 17.2 Å². The second-order valence-electron chi connectivity index (χ2n) is 2.93. The van der Waals surface area contributed by atoms with Crippen LogP contribution in [-0.2, 0) is 0 Å². The summed E-state index contributed by atoms with van der Waals surface area (Å²) in [5.41, 5.74) is 0. The molecule has 2 unspecified atom stereocenters. The summed E-state index contributed by atoms with van der Waals surface area (Å²) in [6, 6.07) is 2.32. The fourth-order valence-electron chi connectivity index (χ4n) is 1.22. The molecule has 64 valence electrons. The minimum atomic E-state index is 0.0416. The van der Waals surface area contributed by atoms with Crippen LogP contribution < -0.4 is 5.32 Å². The Kier molecular flexibility index (Phi) is 5.87. The summed E-state index contributed by atoms with van der Waals surface area (Å²) in [5, 5.41) is 11.9. The van der Waals surface area contributed by atoms with Gasteiger partial charge in [0.15, 0.2) is 0 Å². The lowest BCUT2D eigenvalue weighted by molar-refractivity contribution is 0.420. The molecule has 0 amide bonds. The van der Waals surface area contributed by atoms with E-state index in [2.05, 4.69) is 25.2 Å². The Bertz CT molecular complexity index is 126. The highest BCUT2D eigenvalue weighted by Crippen LogP contribution is 2.09. The molecule has 2 nitrogen and oxygen atoms in total. The van der Waals surface area contributed by atoms with Gasteiger partial charge in [-0.25, -0.2) is 0 Å². The van der Waals surface area contributed by atoms with E-state index in [-0.39, 0.29) is 6.04 Å². The van der Waals surface area contributed by atoms with Crippen molar-refractivity contribution in [3.05, 3.63) is 0 Å². The summed E-state index contributed by atoms with van der Waals surface area (Å²) in [4.78, 5) is 0. The average molecular weight is 154 g/mol. The van der Waals surface area contributed by atoms with E-state index in [4.69, 9.17) is 5.26 Å². The van der Waals surface area contributed by atoms with Crippen LogP contribution in [-0.4, -0.2) is 12.6 Å². The summed E-state index contributed by atoms with van der Waals surface area (Å²) in [7, 11) is 0. The molecule has 0 saturated carbocycles. The third-order valence-electron chi connectivity index (χ3n) is 1.88. The van der Waals surface area contributed by atoms with Gasteiger partial charge in [-0.1, -0.05) is 27.2 Å². The molecule has 0 aromatic rings. The van der Waals surface area contributed by atoms with Crippen LogP contribution in [0.1, 0.15) is 33.6 Å². The van der Waals surface area contributed by atoms with Crippen LogP contribution in [0.4, 0.5) is 0 Å². The van der Waals surface area contributed by atoms with E-state index in [9.17, 15) is 0 Å². The van der Waals surface area contributed by atoms with Crippen molar-refractivity contribution in [2.24, 2.45) is 5.92 Å². The van der Waals surface area contributed by atoms with Crippen LogP contribution in [0.3, 0.4) is 0 Å². The third-order valence-corrected chi connectivity index (χ3v) is 1.88. The van der Waals surface area contributed by atoms with E-state index in [1.165, 1.54) is 0 Å². The third kappa shape index (κ3) is 4.00. The standard InChI is InChI=1S/C9H18N2/c1-4-6-8(3)9(7-10)11-5-2/h8-9,11H,4-6H2,1-3H3. The van der Waals surface area contributed by atoms with Gasteiger partial charge in [0.25, 0.3) is 0 Å². The first-order chi connectivity index (χ1) is 5.26. The van der Waals surface area contributed by atoms with Gasteiger partial charge < -0.3 is 5.32 Å². The van der Waals surface area contributed by atoms with Gasteiger partial charge in [-0.3, -0.25) is 0 Å². The zero-order valence-electron chi connectivity index (χ0n) is 7.72. The number of hydrogen-bond acceptors (Lipinski definition) is 2. The van der Waals surface area contributed by atoms with Crippen LogP contribution in [0.25, 0.3) is 0 Å². The second-order valence-corrected chi connectivity index (χ2v) is 2.93. The number of nitrogens with zero attached hydrogens (tertiary/aromatic N) is 1. The predicted molar refractivity (Wildman–Crippen MR) is 47.1 cm³/mol. The molecule has 0 fully saturated rings. The van der Waals surface area contributed by atoms with Gasteiger partial charge in [0, 0.05) is 0 Å². The van der Waals surface area contributed by atoms with E-state index >= 15 is 0 Å². The van der Waals surface area contributed by atoms with E-state index in [0.717, 1.165) is 19.4 Å². The van der Waals surface area contributed by atoms with Gasteiger partial charge >= 0.3 is 0 Å². The molecule has 11 heavy (non-hydrogen) atoms. The fourth-order valence-corrected chi connectivity index (χ4v) is 1.22. The number of hydrogen-bond donors (Lipinski definition) is 1. The molecule has 0 rings (SSSR count). The second kappa shape index (κ2) is 6.18. The zero-order valence-corrected chi connectivity index (χ0v) is 7.72. The predicted octanol–water partition coefficient (Wildman–Crippen LogP) is 1.92. The van der Waals surface area contributed by atoms with Crippen LogP contribution in [0.2, 0.25) is 0 Å². The number of nitrogens with one attached hydrogen (secondary N) is 1. The molecule has 0 radical (unpaired) electrons. The Balaban J connectivity index is 3.73. The number of nitriles is 1. The smallest absolute Gasteiger partial charge is 0.0978 e. The molecule has 0 aromatic heterocycles. The van der Waals surface area contributed by atoms with Gasteiger partial charge in [0.05, 0.1) is 12.1 Å². The lowest BCUT2D eigenvalue weighted by Crippen LogP contribution is -2.33. The van der Waals surface area contributed by atoms with Gasteiger partial charge in [0.2, 0.25) is 0 Å². The van der Waals surface area contributed by atoms with E-state index < -0.39 is 0 Å². The molecule has 0 spiro atoms. The fraction of sp³-hybridized carbons (Fsp3) is 0.889. The van der Waals surface area contributed by atoms with Crippen molar-refractivity contribution >= 4 is 0 Å². The van der Waals surface area contributed by atoms with Crippen molar-refractivity contribution in [1.82, 2.24) is 5.32 Å². The molecular weight excluding hydrogens is 136 g/mol. The van der Waals surface area contributed by atoms with Gasteiger partial charge in [0.1, 0.15) is 0 Å². The van der Waals surface area contributed by atoms with Crippen molar-refractivity contribution in [1.29, 1.82) is 5.26 Å². The van der Waals surface area contributed by atoms with Crippen LogP contribution >= 0.6 is 0 Å². The number of rotatable bonds is 5. The Labute approximate surface area is 69.6 Å². The summed E-state index contributed by atoms with van der Waals surface area (Å²) in [5.74, 6) is 0.477. The maximum atomic E-state index is 8.74. The Morgan fingerprint density at radius 1 is 1.45 bits per heavy atom. The lowest BCUT2D eigenvalue weighted by atomic mass is 9.98. The summed E-state index contributed by atoms with van der Waals surface area (Å²) in [6.07, 6.45) is 2.29. The highest BCUT2D eigenvalue weighted by molar-refractivity contribution is 4.92. The normalized spacial score (nSPS) is 15.5. The molecule has 1 N–H and O–H groups in total. The first kappa shape index (κ1) is 10.4. The van der Waals surface area contributed by atoms with Gasteiger partial charge in [-0.2, -0.15) is 5.26 Å². The maximum Gasteiger partial charge on any atom is 0.0978 e. The first-order valence-corrected chi connectivity index (χ1v) is 4.39. The molecule has 0 aliphatic rings. The molecular formula is C9H18N2. The largest absolute Gasteiger partial charge is 0.302 e. The molecule has 0 aromatic carbocycles. The minimum absolute atomic E-state index is 0.0416. The van der Waals surface area contributed by atoms with Crippen molar-refractivity contribution in [3.8, 4) is 6.07 Å². The average Bonchev–Trinajstić information content (AvgIpc) is 2.00. The summed E-state index contributed by atoms with van der Waals surface area (Å²) < 4.78 is 0. The van der Waals surface area contributed by atoms with E-state index in [1.54, 1.807) is 0 Å². The van der Waals surface area contributed by atoms with Crippen molar-refractivity contribution in [3.63, 3.8) is 0 Å². The maximum absolute atomic E-state index is 8.74. The van der Waals surface area contributed by atoms with Crippen LogP contribution in [0.5, 0.6) is 0 Å². The molecule has 2 heteroatoms. The van der Waals surface area contributed by atoms with Crippen molar-refractivity contribution in [2.75, 3.05) is 6.54 Å². The molecule has 0 saturated heterocycles. The monoisotopic (exact) mass is 154 g/mol. The zero-order chi connectivity index (χ0) is 8.69. The van der Waals surface area contributed by atoms with E-state index in [1.807, 2.05) is 6.92 Å². The lowest BCUT2D eigenvalue weighted by Gasteiger charge is -2.16. The van der Waals surface area contributed by atoms with Crippen LogP contribution in [0.15, 0.2) is 0 Å². The SMILES string of the molecule is CCCC(C)C(C#N)NCC. The highest BCUT2D eigenvalue weighted by Gasteiger charge is 2.13. The van der Waals surface area contributed by atoms with E-state index in [0.29, 0.717) is 5.92 Å². The Hall–Kier alpha value is -0.550. The van der Waals surface area contributed by atoms with Crippen molar-refractivity contribution in [2.45, 2.75) is 39.7 Å². The first-order valence-electron chi connectivity index (χ1n) is 4.39. The quantitative estimate of drug-likeness (QED) is 0.656. The Morgan fingerprint density at radius 3 is 2.45 bits per heavy atom. The molecule has 0 aliphatic carbocycles. The molecule has 0 bridgehead atoms. The highest BCUT2D eigenvalue weighted by atomic mass is 14.9. The minimum Gasteiger partial charge on any atom is -0.302 e. The molecule has 2 atom stereocenters. The summed E-state index contributed by atoms with van der Waals surface area (Å²) in [6.45, 7) is 7.19. The van der Waals surface area contributed by atoms with Gasteiger partial charge in [-0.15, -0.1) is 0 Å². The van der Waals surface area contributed by atoms with Crippen molar-refractivity contribution < 1.29 is 0 Å². The topological polar surface area (TPSA) is 35.8 Å². The summed E-state index contributed by atoms with van der Waals surface area (Å²) >= 11 is 0.